The number of hydrogen-bond acceptors (Lipinski definition) is 4. The maximum atomic E-state index is 12.6. The molecule has 2 aromatic heterocycles. The maximum Gasteiger partial charge on any atom is 0.274 e. The van der Waals surface area contributed by atoms with Crippen molar-refractivity contribution in [3.63, 3.8) is 0 Å². The second-order valence-electron chi connectivity index (χ2n) is 5.78. The lowest BCUT2D eigenvalue weighted by molar-refractivity contribution is 0.0720. The second kappa shape index (κ2) is 5.31. The van der Waals surface area contributed by atoms with Crippen molar-refractivity contribution >= 4 is 5.91 Å². The zero-order valence-corrected chi connectivity index (χ0v) is 12.6. The molecule has 7 heteroatoms. The van der Waals surface area contributed by atoms with E-state index in [9.17, 15) is 4.79 Å². The minimum absolute atomic E-state index is 0.0144. The minimum Gasteiger partial charge on any atom is -0.327 e. The fraction of sp³-hybridized carbons (Fsp3) is 0.571. The van der Waals surface area contributed by atoms with E-state index in [0.29, 0.717) is 5.69 Å². The Morgan fingerprint density at radius 1 is 1.48 bits per heavy atom. The van der Waals surface area contributed by atoms with Gasteiger partial charge in [0.25, 0.3) is 5.91 Å². The molecular weight excluding hydrogens is 268 g/mol. The van der Waals surface area contributed by atoms with Crippen LogP contribution in [0.2, 0.25) is 0 Å². The molecule has 0 bridgehead atoms. The van der Waals surface area contributed by atoms with E-state index in [0.717, 1.165) is 30.9 Å². The summed E-state index contributed by atoms with van der Waals surface area (Å²) in [6.45, 7) is 6.80. The first-order valence-electron chi connectivity index (χ1n) is 7.30. The second-order valence-corrected chi connectivity index (χ2v) is 5.78. The lowest BCUT2D eigenvalue weighted by atomic mass is 10.2. The number of nitrogens with zero attached hydrogens (tertiary/aromatic N) is 5. The number of amides is 1. The molecule has 1 N–H and O–H groups in total. The van der Waals surface area contributed by atoms with Crippen LogP contribution in [0.1, 0.15) is 60.8 Å². The van der Waals surface area contributed by atoms with E-state index in [1.807, 2.05) is 16.4 Å². The number of aromatic amines is 1. The summed E-state index contributed by atoms with van der Waals surface area (Å²) in [4.78, 5) is 14.5. The molecule has 3 rings (SSSR count). The van der Waals surface area contributed by atoms with Crippen LogP contribution in [0.15, 0.2) is 12.4 Å². The summed E-state index contributed by atoms with van der Waals surface area (Å²) < 4.78 is 2.03. The van der Waals surface area contributed by atoms with Gasteiger partial charge >= 0.3 is 0 Å². The maximum absolute atomic E-state index is 12.6. The van der Waals surface area contributed by atoms with Gasteiger partial charge in [0.1, 0.15) is 12.0 Å². The van der Waals surface area contributed by atoms with Gasteiger partial charge in [-0.05, 0) is 39.7 Å². The molecule has 1 amide bonds. The monoisotopic (exact) mass is 288 g/mol. The first-order chi connectivity index (χ1) is 10.1. The molecule has 2 aromatic rings. The summed E-state index contributed by atoms with van der Waals surface area (Å²) in [5.74, 6) is 0.822. The van der Waals surface area contributed by atoms with Gasteiger partial charge in [-0.1, -0.05) is 0 Å². The van der Waals surface area contributed by atoms with Gasteiger partial charge in [0.2, 0.25) is 0 Å². The van der Waals surface area contributed by atoms with Gasteiger partial charge in [-0.25, -0.2) is 0 Å². The lowest BCUT2D eigenvalue weighted by Crippen LogP contribution is -2.32. The van der Waals surface area contributed by atoms with E-state index in [4.69, 9.17) is 0 Å². The van der Waals surface area contributed by atoms with Crippen LogP contribution < -0.4 is 0 Å². The molecule has 1 saturated heterocycles. The fourth-order valence-corrected chi connectivity index (χ4v) is 2.84. The largest absolute Gasteiger partial charge is 0.327 e. The Kier molecular flexibility index (Phi) is 3.48. The van der Waals surface area contributed by atoms with E-state index in [-0.39, 0.29) is 18.0 Å². The molecule has 1 atom stereocenters. The van der Waals surface area contributed by atoms with Crippen molar-refractivity contribution < 1.29 is 4.79 Å². The highest BCUT2D eigenvalue weighted by Crippen LogP contribution is 2.32. The number of carbonyl (C=O) groups is 1. The Labute approximate surface area is 123 Å². The van der Waals surface area contributed by atoms with Crippen molar-refractivity contribution in [3.05, 3.63) is 29.6 Å². The number of likely N-dealkylation sites (tertiary alicyclic amines) is 1. The topological polar surface area (TPSA) is 79.7 Å². The SMILES string of the molecule is Cc1cc(C(=O)N2CCCC2c2nncn2C(C)C)n[nH]1. The third-order valence-electron chi connectivity index (χ3n) is 3.89. The third kappa shape index (κ3) is 2.43. The highest BCUT2D eigenvalue weighted by atomic mass is 16.2. The summed E-state index contributed by atoms with van der Waals surface area (Å²) in [7, 11) is 0. The lowest BCUT2D eigenvalue weighted by Gasteiger charge is -2.24. The van der Waals surface area contributed by atoms with Gasteiger partial charge in [-0.2, -0.15) is 5.10 Å². The van der Waals surface area contributed by atoms with Crippen LogP contribution in [0.25, 0.3) is 0 Å². The van der Waals surface area contributed by atoms with Gasteiger partial charge in [0.15, 0.2) is 5.82 Å². The predicted molar refractivity (Wildman–Crippen MR) is 76.7 cm³/mol. The summed E-state index contributed by atoms with van der Waals surface area (Å²) in [6, 6.07) is 2.05. The summed E-state index contributed by atoms with van der Waals surface area (Å²) in [5, 5.41) is 15.1. The number of carbonyl (C=O) groups excluding carboxylic acids is 1. The van der Waals surface area contributed by atoms with Gasteiger partial charge in [-0.15, -0.1) is 10.2 Å². The molecule has 112 valence electrons. The molecule has 1 fully saturated rings. The molecule has 1 unspecified atom stereocenters. The Morgan fingerprint density at radius 2 is 2.29 bits per heavy atom. The van der Waals surface area contributed by atoms with Crippen LogP contribution >= 0.6 is 0 Å². The first kappa shape index (κ1) is 13.8. The van der Waals surface area contributed by atoms with E-state index in [2.05, 4.69) is 34.2 Å². The number of H-pyrrole nitrogens is 1. The molecule has 21 heavy (non-hydrogen) atoms. The van der Waals surface area contributed by atoms with Crippen molar-refractivity contribution in [2.45, 2.75) is 45.7 Å². The molecule has 0 spiro atoms. The van der Waals surface area contributed by atoms with E-state index in [1.54, 1.807) is 12.4 Å². The van der Waals surface area contributed by atoms with Crippen molar-refractivity contribution in [3.8, 4) is 0 Å². The van der Waals surface area contributed by atoms with E-state index in [1.165, 1.54) is 0 Å². The molecule has 0 radical (unpaired) electrons. The average molecular weight is 288 g/mol. The number of nitrogens with one attached hydrogen (secondary N) is 1. The molecule has 7 nitrogen and oxygen atoms in total. The number of hydrogen-bond donors (Lipinski definition) is 1. The molecule has 0 aromatic carbocycles. The fourth-order valence-electron chi connectivity index (χ4n) is 2.84. The van der Waals surface area contributed by atoms with Crippen LogP contribution in [0, 0.1) is 6.92 Å². The number of rotatable bonds is 3. The molecular formula is C14H20N6O. The standard InChI is InChI=1S/C14H20N6O/c1-9(2)20-8-15-18-13(20)12-5-4-6-19(12)14(21)11-7-10(3)16-17-11/h7-9,12H,4-6H2,1-3H3,(H,16,17). The number of aromatic nitrogens is 5. The van der Waals surface area contributed by atoms with Crippen LogP contribution in [-0.4, -0.2) is 42.3 Å². The normalized spacial score (nSPS) is 18.7. The highest BCUT2D eigenvalue weighted by molar-refractivity contribution is 5.92. The molecule has 0 saturated carbocycles. The molecule has 1 aliphatic heterocycles. The zero-order valence-electron chi connectivity index (χ0n) is 12.6. The Balaban J connectivity index is 1.89. The quantitative estimate of drug-likeness (QED) is 0.935. The van der Waals surface area contributed by atoms with Crippen molar-refractivity contribution in [1.29, 1.82) is 0 Å². The summed E-state index contributed by atoms with van der Waals surface area (Å²) >= 11 is 0. The van der Waals surface area contributed by atoms with Crippen LogP contribution in [0.5, 0.6) is 0 Å². The third-order valence-corrected chi connectivity index (χ3v) is 3.89. The first-order valence-corrected chi connectivity index (χ1v) is 7.30. The van der Waals surface area contributed by atoms with Crippen molar-refractivity contribution in [2.75, 3.05) is 6.54 Å². The smallest absolute Gasteiger partial charge is 0.274 e. The van der Waals surface area contributed by atoms with E-state index >= 15 is 0 Å². The Morgan fingerprint density at radius 3 is 2.95 bits per heavy atom. The zero-order chi connectivity index (χ0) is 15.0. The molecule has 0 aliphatic carbocycles. The van der Waals surface area contributed by atoms with Gasteiger partial charge in [-0.3, -0.25) is 9.89 Å². The van der Waals surface area contributed by atoms with Crippen molar-refractivity contribution in [1.82, 2.24) is 29.9 Å². The van der Waals surface area contributed by atoms with Gasteiger partial charge < -0.3 is 9.47 Å². The molecule has 1 aliphatic rings. The van der Waals surface area contributed by atoms with Crippen LogP contribution in [-0.2, 0) is 0 Å². The summed E-state index contributed by atoms with van der Waals surface area (Å²) in [5.41, 5.74) is 1.36. The van der Waals surface area contributed by atoms with Gasteiger partial charge in [0.05, 0.1) is 6.04 Å². The number of aryl methyl sites for hydroxylation is 1. The molecule has 3 heterocycles. The van der Waals surface area contributed by atoms with Gasteiger partial charge in [0, 0.05) is 18.3 Å². The minimum atomic E-state index is -0.0415. The van der Waals surface area contributed by atoms with Crippen molar-refractivity contribution in [2.24, 2.45) is 0 Å². The van der Waals surface area contributed by atoms with E-state index < -0.39 is 0 Å². The van der Waals surface area contributed by atoms with Crippen LogP contribution in [0.4, 0.5) is 0 Å². The summed E-state index contributed by atoms with van der Waals surface area (Å²) in [6.07, 6.45) is 3.63. The predicted octanol–water partition coefficient (Wildman–Crippen LogP) is 1.87. The van der Waals surface area contributed by atoms with Crippen LogP contribution in [0.3, 0.4) is 0 Å². The highest BCUT2D eigenvalue weighted by Gasteiger charge is 2.34. The Bertz CT molecular complexity index is 643. The Hall–Kier alpha value is -2.18. The average Bonchev–Trinajstić information content (AvgIpc) is 3.16.